The molecule has 2 aromatic carbocycles. The van der Waals surface area contributed by atoms with E-state index in [1.807, 2.05) is 31.2 Å². The number of nitrogens with one attached hydrogen (secondary N) is 1. The summed E-state index contributed by atoms with van der Waals surface area (Å²) in [6.45, 7) is 7.52. The molecule has 0 radical (unpaired) electrons. The molecule has 41 heavy (non-hydrogen) atoms. The minimum Gasteiger partial charge on any atom is -0.481 e. The van der Waals surface area contributed by atoms with Gasteiger partial charge in [-0.25, -0.2) is 13.5 Å². The van der Waals surface area contributed by atoms with E-state index < -0.39 is 59.9 Å². The summed E-state index contributed by atoms with van der Waals surface area (Å²) in [6.07, 6.45) is 1.36. The van der Waals surface area contributed by atoms with E-state index in [-0.39, 0.29) is 24.1 Å². The predicted octanol–water partition coefficient (Wildman–Crippen LogP) is 4.58. The summed E-state index contributed by atoms with van der Waals surface area (Å²) in [7, 11) is 0. The molecule has 0 aliphatic rings. The summed E-state index contributed by atoms with van der Waals surface area (Å²) in [4.78, 5) is 37.6. The van der Waals surface area contributed by atoms with Gasteiger partial charge >= 0.3 is 5.97 Å². The third-order valence-electron chi connectivity index (χ3n) is 6.76. The predicted molar refractivity (Wildman–Crippen MR) is 147 cm³/mol. The maximum Gasteiger partial charge on any atom is 0.305 e. The molecule has 1 heterocycles. The molecule has 2 N–H and O–H groups in total. The maximum absolute atomic E-state index is 13.9. The average Bonchev–Trinajstić information content (AvgIpc) is 2.91. The van der Waals surface area contributed by atoms with Crippen molar-refractivity contribution in [1.29, 1.82) is 0 Å². The maximum atomic E-state index is 13.9. The number of ether oxygens (including phenoxy) is 1. The number of benzene rings is 2. The average molecular weight is 574 g/mol. The van der Waals surface area contributed by atoms with Crippen LogP contribution in [0.15, 0.2) is 53.5 Å². The monoisotopic (exact) mass is 573 g/mol. The standard InChI is InChI=1S/C30H34F3N3O5/c1-5-18(20-12-13-35-36(29(20)40)16-19-8-6-7-9-21(19)30(2,3)4)15-34-24(14-26(38)39)25(37)17-41-28-23(32)11-10-22(31)27(28)33/h6-13,18,24,34H,5,14-17H2,1-4H3,(H,38,39)/t18-,24+/m1/s1. The second-order valence-corrected chi connectivity index (χ2v) is 10.7. The zero-order chi connectivity index (χ0) is 30.3. The molecule has 0 saturated heterocycles. The Labute approximate surface area is 236 Å². The molecule has 0 aliphatic carbocycles. The summed E-state index contributed by atoms with van der Waals surface area (Å²) in [5, 5.41) is 16.4. The molecule has 0 unspecified atom stereocenters. The van der Waals surface area contributed by atoms with E-state index in [1.54, 1.807) is 6.07 Å². The third-order valence-corrected chi connectivity index (χ3v) is 6.76. The molecule has 11 heteroatoms. The fourth-order valence-corrected chi connectivity index (χ4v) is 4.56. The lowest BCUT2D eigenvalue weighted by Crippen LogP contribution is -2.43. The molecule has 0 saturated carbocycles. The van der Waals surface area contributed by atoms with Crippen LogP contribution in [0.3, 0.4) is 0 Å². The van der Waals surface area contributed by atoms with E-state index in [9.17, 15) is 32.7 Å². The number of rotatable bonds is 13. The van der Waals surface area contributed by atoms with Crippen molar-refractivity contribution in [2.45, 2.75) is 64.5 Å². The van der Waals surface area contributed by atoms with Crippen LogP contribution in [0.25, 0.3) is 0 Å². The minimum absolute atomic E-state index is 0.0563. The normalized spacial score (nSPS) is 13.0. The first-order valence-corrected chi connectivity index (χ1v) is 13.2. The van der Waals surface area contributed by atoms with E-state index >= 15 is 0 Å². The largest absolute Gasteiger partial charge is 0.481 e. The number of ketones is 1. The summed E-state index contributed by atoms with van der Waals surface area (Å²) in [6, 6.07) is 9.35. The fraction of sp³-hybridized carbons (Fsp3) is 0.400. The summed E-state index contributed by atoms with van der Waals surface area (Å²) < 4.78 is 47.5. The molecule has 1 aromatic heterocycles. The van der Waals surface area contributed by atoms with Gasteiger partial charge in [-0.3, -0.25) is 14.4 Å². The number of aliphatic carboxylic acids is 1. The van der Waals surface area contributed by atoms with Gasteiger partial charge in [0.15, 0.2) is 23.2 Å². The van der Waals surface area contributed by atoms with Gasteiger partial charge in [0.2, 0.25) is 5.82 Å². The Hall–Kier alpha value is -3.99. The number of nitrogens with zero attached hydrogens (tertiary/aromatic N) is 2. The van der Waals surface area contributed by atoms with Gasteiger partial charge in [-0.2, -0.15) is 9.49 Å². The molecular formula is C30H34F3N3O5. The lowest BCUT2D eigenvalue weighted by Gasteiger charge is -2.23. The lowest BCUT2D eigenvalue weighted by molar-refractivity contribution is -0.139. The molecule has 0 aliphatic heterocycles. The summed E-state index contributed by atoms with van der Waals surface area (Å²) in [5.74, 6) is -7.73. The highest BCUT2D eigenvalue weighted by molar-refractivity contribution is 5.89. The molecule has 3 aromatic rings. The number of hydrogen-bond acceptors (Lipinski definition) is 6. The summed E-state index contributed by atoms with van der Waals surface area (Å²) in [5.41, 5.74) is 2.02. The number of carbonyl (C=O) groups is 2. The minimum atomic E-state index is -1.59. The molecule has 0 amide bonds. The van der Waals surface area contributed by atoms with Crippen LogP contribution in [-0.4, -0.2) is 45.8 Å². The number of carboxylic acids is 1. The van der Waals surface area contributed by atoms with Crippen molar-refractivity contribution >= 4 is 11.8 Å². The molecule has 0 fully saturated rings. The van der Waals surface area contributed by atoms with Gasteiger partial charge < -0.3 is 15.2 Å². The van der Waals surface area contributed by atoms with E-state index in [0.29, 0.717) is 24.1 Å². The SMILES string of the molecule is CC[C@H](CN[C@@H](CC(=O)O)C(=O)COc1c(F)ccc(F)c1F)c1ccnn(Cc2ccccc2C(C)(C)C)c1=O. The number of carboxylic acid groups (broad SMARTS) is 1. The zero-order valence-electron chi connectivity index (χ0n) is 23.4. The third kappa shape index (κ3) is 8.03. The zero-order valence-corrected chi connectivity index (χ0v) is 23.4. The Kier molecular flexibility index (Phi) is 10.4. The van der Waals surface area contributed by atoms with Crippen LogP contribution in [-0.2, 0) is 21.5 Å². The van der Waals surface area contributed by atoms with Crippen molar-refractivity contribution in [3.05, 3.63) is 93.2 Å². The number of aromatic nitrogens is 2. The van der Waals surface area contributed by atoms with Crippen molar-refractivity contribution in [3.63, 3.8) is 0 Å². The van der Waals surface area contributed by atoms with Crippen molar-refractivity contribution < 1.29 is 32.6 Å². The quantitative estimate of drug-likeness (QED) is 0.288. The van der Waals surface area contributed by atoms with Gasteiger partial charge in [-0.15, -0.1) is 0 Å². The van der Waals surface area contributed by atoms with Crippen LogP contribution in [0.4, 0.5) is 13.2 Å². The first-order valence-electron chi connectivity index (χ1n) is 13.2. The van der Waals surface area contributed by atoms with Gasteiger partial charge in [0.1, 0.15) is 6.61 Å². The number of Topliss-reactive ketones (excluding diaryl/α,β-unsaturated/α-hetero) is 1. The summed E-state index contributed by atoms with van der Waals surface area (Å²) >= 11 is 0. The molecule has 0 spiro atoms. The number of halogens is 3. The van der Waals surface area contributed by atoms with Gasteiger partial charge in [0.25, 0.3) is 5.56 Å². The van der Waals surface area contributed by atoms with Gasteiger partial charge in [-0.05, 0) is 41.2 Å². The second-order valence-electron chi connectivity index (χ2n) is 10.7. The lowest BCUT2D eigenvalue weighted by atomic mass is 9.84. The topological polar surface area (TPSA) is 111 Å². The molecule has 220 valence electrons. The molecule has 3 rings (SSSR count). The van der Waals surface area contributed by atoms with E-state index in [4.69, 9.17) is 4.74 Å². The van der Waals surface area contributed by atoms with E-state index in [1.165, 1.54) is 10.9 Å². The Morgan fingerprint density at radius 3 is 2.41 bits per heavy atom. The van der Waals surface area contributed by atoms with E-state index in [0.717, 1.165) is 11.1 Å². The van der Waals surface area contributed by atoms with Crippen LogP contribution in [0.2, 0.25) is 0 Å². The second kappa shape index (κ2) is 13.6. The van der Waals surface area contributed by atoms with Crippen molar-refractivity contribution in [1.82, 2.24) is 15.1 Å². The first-order chi connectivity index (χ1) is 19.3. The first kappa shape index (κ1) is 31.5. The van der Waals surface area contributed by atoms with E-state index in [2.05, 4.69) is 31.2 Å². The number of hydrogen-bond donors (Lipinski definition) is 2. The van der Waals surface area contributed by atoms with Crippen molar-refractivity contribution in [2.24, 2.45) is 0 Å². The molecule has 0 bridgehead atoms. The van der Waals surface area contributed by atoms with Crippen molar-refractivity contribution in [3.8, 4) is 5.75 Å². The van der Waals surface area contributed by atoms with Gasteiger partial charge in [0, 0.05) is 24.2 Å². The highest BCUT2D eigenvalue weighted by Gasteiger charge is 2.26. The smallest absolute Gasteiger partial charge is 0.305 e. The Morgan fingerprint density at radius 2 is 1.76 bits per heavy atom. The van der Waals surface area contributed by atoms with Crippen LogP contribution in [0.5, 0.6) is 5.75 Å². The fourth-order valence-electron chi connectivity index (χ4n) is 4.56. The van der Waals surface area contributed by atoms with Gasteiger partial charge in [-0.1, -0.05) is 52.0 Å². The molecule has 8 nitrogen and oxygen atoms in total. The Bertz CT molecular complexity index is 1450. The van der Waals surface area contributed by atoms with Crippen LogP contribution < -0.4 is 15.6 Å². The molecule has 2 atom stereocenters. The highest BCUT2D eigenvalue weighted by Crippen LogP contribution is 2.26. The van der Waals surface area contributed by atoms with Crippen LogP contribution in [0, 0.1) is 17.5 Å². The highest BCUT2D eigenvalue weighted by atomic mass is 19.2. The Balaban J connectivity index is 1.77. The van der Waals surface area contributed by atoms with Crippen LogP contribution in [0.1, 0.15) is 63.1 Å². The molecular weight excluding hydrogens is 539 g/mol. The van der Waals surface area contributed by atoms with Gasteiger partial charge in [0.05, 0.1) is 19.0 Å². The Morgan fingerprint density at radius 1 is 1.07 bits per heavy atom. The van der Waals surface area contributed by atoms with Crippen molar-refractivity contribution in [2.75, 3.05) is 13.2 Å². The van der Waals surface area contributed by atoms with Crippen LogP contribution >= 0.6 is 0 Å². The number of carbonyl (C=O) groups excluding carboxylic acids is 1.